The number of fused-ring (bicyclic) bond motifs is 2. The first-order valence-corrected chi connectivity index (χ1v) is 8.87. The van der Waals surface area contributed by atoms with Gasteiger partial charge in [-0.2, -0.15) is 5.10 Å². The van der Waals surface area contributed by atoms with Crippen molar-refractivity contribution in [2.24, 2.45) is 17.8 Å². The molecule has 0 saturated carbocycles. The Morgan fingerprint density at radius 1 is 1.37 bits per heavy atom. The number of aromatic nitrogens is 4. The molecule has 0 spiro atoms. The third-order valence-corrected chi connectivity index (χ3v) is 4.50. The zero-order valence-corrected chi connectivity index (χ0v) is 15.1. The number of nitrogens with one attached hydrogen (secondary N) is 2. The van der Waals surface area contributed by atoms with Gasteiger partial charge in [-0.15, -0.1) is 0 Å². The summed E-state index contributed by atoms with van der Waals surface area (Å²) in [6, 6.07) is 8.11. The normalized spacial score (nSPS) is 16.6. The van der Waals surface area contributed by atoms with Crippen molar-refractivity contribution in [3.63, 3.8) is 0 Å². The minimum atomic E-state index is 0.114. The number of anilines is 1. The molecule has 0 amide bonds. The van der Waals surface area contributed by atoms with Gasteiger partial charge in [0.15, 0.2) is 11.6 Å². The second-order valence-electron chi connectivity index (χ2n) is 6.29. The highest BCUT2D eigenvalue weighted by Crippen LogP contribution is 2.31. The van der Waals surface area contributed by atoms with E-state index in [4.69, 9.17) is 10.5 Å². The third kappa shape index (κ3) is 3.62. The molecular weight excluding hydrogens is 344 g/mol. The van der Waals surface area contributed by atoms with E-state index in [2.05, 4.69) is 36.8 Å². The van der Waals surface area contributed by atoms with Gasteiger partial charge in [-0.05, 0) is 6.07 Å². The lowest BCUT2D eigenvalue weighted by molar-refractivity contribution is 0.262. The number of hydrogen-bond donors (Lipinski definition) is 3. The summed E-state index contributed by atoms with van der Waals surface area (Å²) in [5.41, 5.74) is 7.96. The summed E-state index contributed by atoms with van der Waals surface area (Å²) in [6.45, 7) is 1.79. The molecule has 140 valence electrons. The highest BCUT2D eigenvalue weighted by Gasteiger charge is 2.21. The predicted molar refractivity (Wildman–Crippen MR) is 104 cm³/mol. The highest BCUT2D eigenvalue weighted by molar-refractivity contribution is 5.86. The van der Waals surface area contributed by atoms with Crippen molar-refractivity contribution in [2.45, 2.75) is 12.5 Å². The fraction of sp³-hybridized carbons (Fsp3) is 0.333. The van der Waals surface area contributed by atoms with Crippen LogP contribution in [0, 0.1) is 0 Å². The van der Waals surface area contributed by atoms with Gasteiger partial charge in [-0.25, -0.2) is 9.97 Å². The maximum Gasteiger partial charge on any atom is 0.189 e. The maximum absolute atomic E-state index is 6.07. The van der Waals surface area contributed by atoms with Gasteiger partial charge < -0.3 is 21.1 Å². The first kappa shape index (κ1) is 17.1. The molecule has 1 unspecified atom stereocenters. The van der Waals surface area contributed by atoms with Crippen LogP contribution < -0.4 is 21.1 Å². The van der Waals surface area contributed by atoms with Crippen molar-refractivity contribution >= 4 is 22.8 Å². The van der Waals surface area contributed by atoms with E-state index in [0.29, 0.717) is 25.7 Å². The van der Waals surface area contributed by atoms with E-state index in [1.54, 1.807) is 10.9 Å². The number of nitrogens with two attached hydrogens (primary N) is 1. The van der Waals surface area contributed by atoms with Crippen LogP contribution in [0.5, 0.6) is 5.75 Å². The molecule has 0 saturated heterocycles. The number of ether oxygens (including phenoxy) is 1. The minimum Gasteiger partial charge on any atom is -0.493 e. The molecule has 1 atom stereocenters. The van der Waals surface area contributed by atoms with Crippen LogP contribution in [-0.4, -0.2) is 45.4 Å². The Morgan fingerprint density at radius 2 is 2.26 bits per heavy atom. The Hall–Kier alpha value is -3.36. The zero-order valence-electron chi connectivity index (χ0n) is 15.1. The Balaban J connectivity index is 1.34. The van der Waals surface area contributed by atoms with E-state index >= 15 is 0 Å². The Kier molecular flexibility index (Phi) is 4.73. The van der Waals surface area contributed by atoms with Crippen LogP contribution in [0.25, 0.3) is 11.0 Å². The van der Waals surface area contributed by atoms with Crippen molar-refractivity contribution in [1.29, 1.82) is 0 Å². The maximum atomic E-state index is 6.07. The third-order valence-electron chi connectivity index (χ3n) is 4.50. The lowest BCUT2D eigenvalue weighted by Crippen LogP contribution is -2.37. The van der Waals surface area contributed by atoms with Crippen molar-refractivity contribution in [1.82, 2.24) is 25.1 Å². The van der Waals surface area contributed by atoms with Gasteiger partial charge in [0, 0.05) is 25.6 Å². The largest absolute Gasteiger partial charge is 0.493 e. The van der Waals surface area contributed by atoms with E-state index in [9.17, 15) is 0 Å². The van der Waals surface area contributed by atoms with Gasteiger partial charge >= 0.3 is 0 Å². The van der Waals surface area contributed by atoms with Gasteiger partial charge in [-0.1, -0.05) is 18.2 Å². The van der Waals surface area contributed by atoms with E-state index in [1.165, 1.54) is 6.33 Å². The quantitative estimate of drug-likeness (QED) is 0.353. The summed E-state index contributed by atoms with van der Waals surface area (Å²) >= 11 is 0. The molecule has 0 fully saturated rings. The van der Waals surface area contributed by atoms with E-state index < -0.39 is 0 Å². The summed E-state index contributed by atoms with van der Waals surface area (Å²) in [6.07, 6.45) is 4.12. The average molecular weight is 366 g/mol. The molecule has 0 bridgehead atoms. The fourth-order valence-corrected chi connectivity index (χ4v) is 3.17. The van der Waals surface area contributed by atoms with Gasteiger partial charge in [0.05, 0.1) is 30.8 Å². The van der Waals surface area contributed by atoms with Crippen LogP contribution in [0.2, 0.25) is 0 Å². The number of nitrogens with zero attached hydrogens (tertiary/aromatic N) is 5. The zero-order chi connectivity index (χ0) is 18.6. The second-order valence-corrected chi connectivity index (χ2v) is 6.29. The first-order valence-electron chi connectivity index (χ1n) is 8.87. The molecule has 4 rings (SSSR count). The number of hydrogen-bond acceptors (Lipinski definition) is 6. The Morgan fingerprint density at radius 3 is 3.19 bits per heavy atom. The molecule has 1 aliphatic rings. The molecule has 0 aliphatic carbocycles. The van der Waals surface area contributed by atoms with Crippen LogP contribution in [0.3, 0.4) is 0 Å². The predicted octanol–water partition coefficient (Wildman–Crippen LogP) is 1.20. The summed E-state index contributed by atoms with van der Waals surface area (Å²) in [5, 5.41) is 11.6. The summed E-state index contributed by atoms with van der Waals surface area (Å²) in [7, 11) is 1.85. The lowest BCUT2D eigenvalue weighted by atomic mass is 10.0. The molecule has 9 heteroatoms. The van der Waals surface area contributed by atoms with Crippen molar-refractivity contribution in [3.8, 4) is 5.75 Å². The number of para-hydroxylation sites is 1. The van der Waals surface area contributed by atoms with E-state index in [-0.39, 0.29) is 6.04 Å². The number of aryl methyl sites for hydroxylation is 1. The molecule has 27 heavy (non-hydrogen) atoms. The van der Waals surface area contributed by atoms with Crippen LogP contribution in [0.4, 0.5) is 5.82 Å². The molecule has 4 N–H and O–H groups in total. The molecular formula is C18H22N8O. The van der Waals surface area contributed by atoms with Crippen molar-refractivity contribution < 1.29 is 4.74 Å². The molecule has 2 aromatic heterocycles. The number of benzene rings is 1. The fourth-order valence-electron chi connectivity index (χ4n) is 3.17. The van der Waals surface area contributed by atoms with E-state index in [1.807, 2.05) is 25.2 Å². The highest BCUT2D eigenvalue weighted by atomic mass is 16.5. The smallest absolute Gasteiger partial charge is 0.189 e. The van der Waals surface area contributed by atoms with Crippen LogP contribution in [-0.2, 0) is 7.05 Å². The minimum absolute atomic E-state index is 0.114. The summed E-state index contributed by atoms with van der Waals surface area (Å²) in [5.74, 6) is 2.07. The van der Waals surface area contributed by atoms with Crippen LogP contribution >= 0.6 is 0 Å². The molecule has 9 nitrogen and oxygen atoms in total. The monoisotopic (exact) mass is 366 g/mol. The summed E-state index contributed by atoms with van der Waals surface area (Å²) in [4.78, 5) is 12.9. The average Bonchev–Trinajstić information content (AvgIpc) is 3.07. The molecule has 1 aliphatic heterocycles. The molecule has 3 heterocycles. The Labute approximate surface area is 156 Å². The lowest BCUT2D eigenvalue weighted by Gasteiger charge is -2.26. The van der Waals surface area contributed by atoms with Crippen molar-refractivity contribution in [2.75, 3.05) is 25.0 Å². The molecule has 3 aromatic rings. The number of rotatable bonds is 5. The molecule has 0 radical (unpaired) electrons. The van der Waals surface area contributed by atoms with Gasteiger partial charge in [0.2, 0.25) is 0 Å². The SMILES string of the molecule is Cn1ncc2c(NCCN=C(N)NC3CCOc4ccccc43)ncnc21. The summed E-state index contributed by atoms with van der Waals surface area (Å²) < 4.78 is 7.39. The van der Waals surface area contributed by atoms with Gasteiger partial charge in [0.1, 0.15) is 17.9 Å². The first-order chi connectivity index (χ1) is 13.2. The standard InChI is InChI=1S/C18H22N8O/c1-26-17-13(10-24-26)16(22-11-23-17)20-7-8-21-18(19)25-14-6-9-27-15-5-3-2-4-12(14)15/h2-5,10-11,14H,6-9H2,1H3,(H3,19,21,25)(H,20,22,23). The van der Waals surface area contributed by atoms with Gasteiger partial charge in [0.25, 0.3) is 0 Å². The van der Waals surface area contributed by atoms with Gasteiger partial charge in [-0.3, -0.25) is 9.67 Å². The van der Waals surface area contributed by atoms with Crippen molar-refractivity contribution in [3.05, 3.63) is 42.4 Å². The van der Waals surface area contributed by atoms with E-state index in [0.717, 1.165) is 34.6 Å². The number of guanidine groups is 1. The molecule has 1 aromatic carbocycles. The Bertz CT molecular complexity index is 967. The second kappa shape index (κ2) is 7.48. The number of aliphatic imine (C=N–C) groups is 1. The van der Waals surface area contributed by atoms with Crippen LogP contribution in [0.15, 0.2) is 41.8 Å². The van der Waals surface area contributed by atoms with Crippen LogP contribution in [0.1, 0.15) is 18.0 Å². The topological polar surface area (TPSA) is 115 Å².